The van der Waals surface area contributed by atoms with Crippen molar-refractivity contribution in [3.8, 4) is 0 Å². The highest BCUT2D eigenvalue weighted by atomic mass is 16.4. The molecular weight excluding hydrogens is 126 g/mol. The molecule has 0 bridgehead atoms. The summed E-state index contributed by atoms with van der Waals surface area (Å²) in [7, 11) is 0. The number of rotatable bonds is 3. The monoisotopic (exact) mass is 141 g/mol. The molecule has 0 heterocycles. The van der Waals surface area contributed by atoms with E-state index in [1.54, 1.807) is 0 Å². The summed E-state index contributed by atoms with van der Waals surface area (Å²) in [5.74, 6) is 0. The van der Waals surface area contributed by atoms with Crippen molar-refractivity contribution in [3.63, 3.8) is 0 Å². The van der Waals surface area contributed by atoms with Crippen LogP contribution in [-0.4, -0.2) is 10.9 Å². The van der Waals surface area contributed by atoms with Gasteiger partial charge in [-0.2, -0.15) is 0 Å². The third-order valence-electron chi connectivity index (χ3n) is 1.78. The number of hydrogen-bond acceptors (Lipinski definition) is 2. The highest BCUT2D eigenvalue weighted by Gasteiger charge is 2.19. The van der Waals surface area contributed by atoms with Crippen molar-refractivity contribution in [2.75, 3.05) is 0 Å². The molecule has 0 atom stereocenters. The van der Waals surface area contributed by atoms with Crippen molar-refractivity contribution >= 4 is 5.71 Å². The SMILES string of the molecule is C=CCC(C)(C)/C(C)=N\O. The van der Waals surface area contributed by atoms with Crippen molar-refractivity contribution in [3.05, 3.63) is 12.7 Å². The maximum atomic E-state index is 8.45. The van der Waals surface area contributed by atoms with Gasteiger partial charge in [-0.25, -0.2) is 0 Å². The van der Waals surface area contributed by atoms with Crippen molar-refractivity contribution in [2.24, 2.45) is 10.6 Å². The second kappa shape index (κ2) is 3.40. The van der Waals surface area contributed by atoms with Gasteiger partial charge in [-0.3, -0.25) is 0 Å². The van der Waals surface area contributed by atoms with E-state index < -0.39 is 0 Å². The Kier molecular flexibility index (Phi) is 3.13. The molecule has 0 saturated carbocycles. The normalized spacial score (nSPS) is 13.3. The summed E-state index contributed by atoms with van der Waals surface area (Å²) in [6, 6.07) is 0. The number of hydrogen-bond donors (Lipinski definition) is 1. The molecule has 0 rings (SSSR count). The first kappa shape index (κ1) is 9.21. The van der Waals surface area contributed by atoms with Gasteiger partial charge in [0, 0.05) is 5.41 Å². The maximum absolute atomic E-state index is 8.45. The van der Waals surface area contributed by atoms with E-state index in [0.717, 1.165) is 12.1 Å². The Balaban J connectivity index is 4.23. The number of oxime groups is 1. The second-order valence-electron chi connectivity index (χ2n) is 3.06. The van der Waals surface area contributed by atoms with Gasteiger partial charge in [0.05, 0.1) is 5.71 Å². The molecule has 0 aromatic heterocycles. The molecule has 58 valence electrons. The van der Waals surface area contributed by atoms with Crippen LogP contribution >= 0.6 is 0 Å². The summed E-state index contributed by atoms with van der Waals surface area (Å²) in [5.41, 5.74) is 0.684. The molecule has 0 aliphatic heterocycles. The first-order chi connectivity index (χ1) is 4.54. The van der Waals surface area contributed by atoms with Crippen molar-refractivity contribution in [2.45, 2.75) is 27.2 Å². The molecular formula is C8H15NO. The van der Waals surface area contributed by atoms with Crippen LogP contribution in [0.3, 0.4) is 0 Å². The van der Waals surface area contributed by atoms with Crippen LogP contribution in [-0.2, 0) is 0 Å². The molecule has 0 radical (unpaired) electrons. The van der Waals surface area contributed by atoms with E-state index in [4.69, 9.17) is 5.21 Å². The van der Waals surface area contributed by atoms with Gasteiger partial charge >= 0.3 is 0 Å². The predicted octanol–water partition coefficient (Wildman–Crippen LogP) is 2.44. The van der Waals surface area contributed by atoms with Crippen molar-refractivity contribution in [1.29, 1.82) is 0 Å². The van der Waals surface area contributed by atoms with Gasteiger partial charge in [-0.05, 0) is 13.3 Å². The predicted molar refractivity (Wildman–Crippen MR) is 43.5 cm³/mol. The van der Waals surface area contributed by atoms with E-state index in [1.165, 1.54) is 0 Å². The summed E-state index contributed by atoms with van der Waals surface area (Å²) in [6.07, 6.45) is 2.66. The topological polar surface area (TPSA) is 32.6 Å². The van der Waals surface area contributed by atoms with Crippen molar-refractivity contribution < 1.29 is 5.21 Å². The zero-order valence-electron chi connectivity index (χ0n) is 6.89. The summed E-state index contributed by atoms with van der Waals surface area (Å²) < 4.78 is 0. The van der Waals surface area contributed by atoms with Gasteiger partial charge in [-0.1, -0.05) is 25.1 Å². The fourth-order valence-electron chi connectivity index (χ4n) is 0.644. The summed E-state index contributed by atoms with van der Waals surface area (Å²) in [5, 5.41) is 11.6. The molecule has 2 heteroatoms. The second-order valence-corrected chi connectivity index (χ2v) is 3.06. The third kappa shape index (κ3) is 2.21. The van der Waals surface area contributed by atoms with Crippen LogP contribution in [0.4, 0.5) is 0 Å². The van der Waals surface area contributed by atoms with Crippen LogP contribution in [0, 0.1) is 5.41 Å². The Morgan fingerprint density at radius 3 is 2.50 bits per heavy atom. The number of nitrogens with zero attached hydrogens (tertiary/aromatic N) is 1. The Morgan fingerprint density at radius 1 is 1.70 bits per heavy atom. The van der Waals surface area contributed by atoms with Crippen LogP contribution in [0.1, 0.15) is 27.2 Å². The Hall–Kier alpha value is -0.790. The molecule has 0 fully saturated rings. The largest absolute Gasteiger partial charge is 0.411 e. The average molecular weight is 141 g/mol. The molecule has 0 aromatic carbocycles. The molecule has 0 unspecified atom stereocenters. The lowest BCUT2D eigenvalue weighted by Crippen LogP contribution is -2.20. The Morgan fingerprint density at radius 2 is 2.20 bits per heavy atom. The minimum Gasteiger partial charge on any atom is -0.411 e. The van der Waals surface area contributed by atoms with Crippen LogP contribution in [0.15, 0.2) is 17.8 Å². The van der Waals surface area contributed by atoms with E-state index in [-0.39, 0.29) is 5.41 Å². The standard InChI is InChI=1S/C8H15NO/c1-5-6-8(3,4)7(2)9-10/h5,10H,1,6H2,2-4H3/b9-7-. The van der Waals surface area contributed by atoms with Crippen LogP contribution in [0.2, 0.25) is 0 Å². The fraction of sp³-hybridized carbons (Fsp3) is 0.625. The molecule has 0 amide bonds. The zero-order valence-corrected chi connectivity index (χ0v) is 6.89. The average Bonchev–Trinajstić information content (AvgIpc) is 1.86. The van der Waals surface area contributed by atoms with Gasteiger partial charge in [-0.15, -0.1) is 6.58 Å². The molecule has 0 saturated heterocycles. The minimum atomic E-state index is -0.0590. The van der Waals surface area contributed by atoms with Gasteiger partial charge in [0.25, 0.3) is 0 Å². The zero-order chi connectivity index (χ0) is 8.20. The van der Waals surface area contributed by atoms with E-state index in [2.05, 4.69) is 11.7 Å². The highest BCUT2D eigenvalue weighted by Crippen LogP contribution is 2.22. The molecule has 2 nitrogen and oxygen atoms in total. The van der Waals surface area contributed by atoms with E-state index >= 15 is 0 Å². The van der Waals surface area contributed by atoms with Gasteiger partial charge in [0.15, 0.2) is 0 Å². The summed E-state index contributed by atoms with van der Waals surface area (Å²) >= 11 is 0. The van der Waals surface area contributed by atoms with Crippen LogP contribution in [0.25, 0.3) is 0 Å². The lowest BCUT2D eigenvalue weighted by atomic mass is 9.85. The Bertz CT molecular complexity index is 147. The molecule has 0 aliphatic rings. The van der Waals surface area contributed by atoms with E-state index in [1.807, 2.05) is 26.8 Å². The smallest absolute Gasteiger partial charge is 0.0599 e. The molecule has 0 aliphatic carbocycles. The quantitative estimate of drug-likeness (QED) is 0.278. The lowest BCUT2D eigenvalue weighted by molar-refractivity contribution is 0.308. The van der Waals surface area contributed by atoms with Crippen LogP contribution < -0.4 is 0 Å². The third-order valence-corrected chi connectivity index (χ3v) is 1.78. The Labute approximate surface area is 62.2 Å². The first-order valence-electron chi connectivity index (χ1n) is 3.34. The molecule has 0 aromatic rings. The number of allylic oxidation sites excluding steroid dienone is 1. The van der Waals surface area contributed by atoms with E-state index in [9.17, 15) is 0 Å². The van der Waals surface area contributed by atoms with Gasteiger partial charge in [0.1, 0.15) is 0 Å². The molecule has 0 spiro atoms. The lowest BCUT2D eigenvalue weighted by Gasteiger charge is -2.20. The first-order valence-corrected chi connectivity index (χ1v) is 3.34. The summed E-state index contributed by atoms with van der Waals surface area (Å²) in [6.45, 7) is 9.47. The molecule has 10 heavy (non-hydrogen) atoms. The fourth-order valence-corrected chi connectivity index (χ4v) is 0.644. The highest BCUT2D eigenvalue weighted by molar-refractivity contribution is 5.86. The van der Waals surface area contributed by atoms with E-state index in [0.29, 0.717) is 0 Å². The minimum absolute atomic E-state index is 0.0590. The van der Waals surface area contributed by atoms with Gasteiger partial charge in [0.2, 0.25) is 0 Å². The maximum Gasteiger partial charge on any atom is 0.0599 e. The van der Waals surface area contributed by atoms with Gasteiger partial charge < -0.3 is 5.21 Å². The summed E-state index contributed by atoms with van der Waals surface area (Å²) in [4.78, 5) is 0. The van der Waals surface area contributed by atoms with Crippen LogP contribution in [0.5, 0.6) is 0 Å². The molecule has 1 N–H and O–H groups in total. The van der Waals surface area contributed by atoms with Crippen molar-refractivity contribution in [1.82, 2.24) is 0 Å².